The number of likely N-dealkylation sites (N-methyl/N-ethyl adjacent to an activating group) is 1. The summed E-state index contributed by atoms with van der Waals surface area (Å²) in [5, 5.41) is 3.41. The van der Waals surface area contributed by atoms with E-state index in [9.17, 15) is 0 Å². The number of hydrogen-bond donors (Lipinski definition) is 1. The van der Waals surface area contributed by atoms with E-state index in [4.69, 9.17) is 18.9 Å². The van der Waals surface area contributed by atoms with Crippen molar-refractivity contribution in [2.24, 2.45) is 0 Å². The lowest BCUT2D eigenvalue weighted by Gasteiger charge is -2.29. The number of rotatable bonds is 10. The second-order valence-electron chi connectivity index (χ2n) is 4.42. The van der Waals surface area contributed by atoms with E-state index >= 15 is 0 Å². The van der Waals surface area contributed by atoms with Crippen LogP contribution in [0, 0.1) is 0 Å². The molecule has 0 amide bonds. The topological polar surface area (TPSA) is 49.0 Å². The van der Waals surface area contributed by atoms with Crippen molar-refractivity contribution in [3.8, 4) is 11.5 Å². The van der Waals surface area contributed by atoms with E-state index < -0.39 is 0 Å². The van der Waals surface area contributed by atoms with Crippen LogP contribution in [0.1, 0.15) is 32.4 Å². The Labute approximate surface area is 127 Å². The average Bonchev–Trinajstić information content (AvgIpc) is 2.52. The second kappa shape index (κ2) is 9.60. The molecule has 5 heteroatoms. The highest BCUT2D eigenvalue weighted by Crippen LogP contribution is 2.32. The maximum Gasteiger partial charge on any atom is 0.176 e. The van der Waals surface area contributed by atoms with Crippen LogP contribution in [0.5, 0.6) is 11.5 Å². The van der Waals surface area contributed by atoms with Crippen LogP contribution < -0.4 is 14.8 Å². The summed E-state index contributed by atoms with van der Waals surface area (Å²) in [6, 6.07) is 5.60. The van der Waals surface area contributed by atoms with Gasteiger partial charge in [-0.25, -0.2) is 0 Å². The van der Waals surface area contributed by atoms with Gasteiger partial charge in [0.15, 0.2) is 6.29 Å². The van der Waals surface area contributed by atoms with Crippen LogP contribution in [-0.4, -0.2) is 40.3 Å². The van der Waals surface area contributed by atoms with Crippen LogP contribution in [0.15, 0.2) is 18.2 Å². The monoisotopic (exact) mass is 297 g/mol. The zero-order chi connectivity index (χ0) is 15.7. The highest BCUT2D eigenvalue weighted by molar-refractivity contribution is 5.42. The molecule has 0 aromatic heterocycles. The molecule has 0 spiro atoms. The molecule has 0 radical (unpaired) electrons. The summed E-state index contributed by atoms with van der Waals surface area (Å²) in [5.74, 6) is 1.56. The van der Waals surface area contributed by atoms with Gasteiger partial charge in [-0.05, 0) is 38.6 Å². The molecule has 0 heterocycles. The Morgan fingerprint density at radius 2 is 1.67 bits per heavy atom. The molecule has 0 fully saturated rings. The number of methoxy groups -OCH3 is 2. The Morgan fingerprint density at radius 1 is 1.00 bits per heavy atom. The first-order valence-electron chi connectivity index (χ1n) is 7.40. The molecule has 0 aliphatic carbocycles. The van der Waals surface area contributed by atoms with Gasteiger partial charge >= 0.3 is 0 Å². The smallest absolute Gasteiger partial charge is 0.176 e. The van der Waals surface area contributed by atoms with E-state index in [-0.39, 0.29) is 12.3 Å². The van der Waals surface area contributed by atoms with Gasteiger partial charge in [0.2, 0.25) is 0 Å². The molecule has 1 N–H and O–H groups in total. The number of ether oxygens (including phenoxy) is 4. The predicted molar refractivity (Wildman–Crippen MR) is 83.0 cm³/mol. The summed E-state index contributed by atoms with van der Waals surface area (Å²) in [4.78, 5) is 0. The summed E-state index contributed by atoms with van der Waals surface area (Å²) in [6.45, 7) is 7.92. The van der Waals surface area contributed by atoms with E-state index in [1.54, 1.807) is 14.2 Å². The van der Waals surface area contributed by atoms with Crippen LogP contribution in [0.2, 0.25) is 0 Å². The van der Waals surface area contributed by atoms with Crippen molar-refractivity contribution in [1.29, 1.82) is 0 Å². The molecular weight excluding hydrogens is 270 g/mol. The Balaban J connectivity index is 3.17. The van der Waals surface area contributed by atoms with Crippen molar-refractivity contribution in [2.75, 3.05) is 34.0 Å². The molecular formula is C16H27NO4. The minimum Gasteiger partial charge on any atom is -0.497 e. The molecule has 120 valence electrons. The third kappa shape index (κ3) is 4.88. The quantitative estimate of drug-likeness (QED) is 0.673. The van der Waals surface area contributed by atoms with Crippen LogP contribution in [-0.2, 0) is 9.47 Å². The van der Waals surface area contributed by atoms with Crippen molar-refractivity contribution in [3.05, 3.63) is 23.8 Å². The van der Waals surface area contributed by atoms with Crippen molar-refractivity contribution in [2.45, 2.75) is 33.1 Å². The fourth-order valence-electron chi connectivity index (χ4n) is 2.22. The van der Waals surface area contributed by atoms with E-state index in [0.717, 1.165) is 23.6 Å². The number of nitrogens with one attached hydrogen (secondary N) is 1. The molecule has 0 bridgehead atoms. The largest absolute Gasteiger partial charge is 0.497 e. The van der Waals surface area contributed by atoms with Gasteiger partial charge in [0.05, 0.1) is 20.3 Å². The minimum atomic E-state index is -0.374. The standard InChI is InChI=1S/C16H27NO4/c1-6-17-15(16(20-7-2)21-8-3)13-11-12(18-4)9-10-14(13)19-5/h9-11,15-17H,6-8H2,1-5H3. The van der Waals surface area contributed by atoms with Gasteiger partial charge < -0.3 is 24.3 Å². The molecule has 1 aromatic rings. The highest BCUT2D eigenvalue weighted by Gasteiger charge is 2.26. The first kappa shape index (κ1) is 17.8. The second-order valence-corrected chi connectivity index (χ2v) is 4.42. The third-order valence-corrected chi connectivity index (χ3v) is 3.13. The van der Waals surface area contributed by atoms with Gasteiger partial charge in [0, 0.05) is 18.8 Å². The van der Waals surface area contributed by atoms with Gasteiger partial charge in [0.1, 0.15) is 11.5 Å². The van der Waals surface area contributed by atoms with E-state index in [1.165, 1.54) is 0 Å². The van der Waals surface area contributed by atoms with Crippen molar-refractivity contribution in [1.82, 2.24) is 5.32 Å². The molecule has 0 aliphatic rings. The molecule has 0 aliphatic heterocycles. The van der Waals surface area contributed by atoms with Gasteiger partial charge in [-0.15, -0.1) is 0 Å². The fraction of sp³-hybridized carbons (Fsp3) is 0.625. The predicted octanol–water partition coefficient (Wildman–Crippen LogP) is 2.75. The van der Waals surface area contributed by atoms with Crippen molar-refractivity contribution >= 4 is 0 Å². The zero-order valence-electron chi connectivity index (χ0n) is 13.6. The molecule has 1 rings (SSSR count). The van der Waals surface area contributed by atoms with Gasteiger partial charge in [-0.1, -0.05) is 6.92 Å². The number of hydrogen-bond acceptors (Lipinski definition) is 5. The summed E-state index contributed by atoms with van der Waals surface area (Å²) in [5.41, 5.74) is 0.964. The fourth-order valence-corrected chi connectivity index (χ4v) is 2.22. The Morgan fingerprint density at radius 3 is 2.14 bits per heavy atom. The van der Waals surface area contributed by atoms with E-state index in [1.807, 2.05) is 32.0 Å². The maximum absolute atomic E-state index is 5.74. The van der Waals surface area contributed by atoms with Gasteiger partial charge in [-0.2, -0.15) is 0 Å². The van der Waals surface area contributed by atoms with Crippen molar-refractivity contribution in [3.63, 3.8) is 0 Å². The van der Waals surface area contributed by atoms with Gasteiger partial charge in [0.25, 0.3) is 0 Å². The summed E-state index contributed by atoms with van der Waals surface area (Å²) in [7, 11) is 3.31. The molecule has 0 saturated heterocycles. The van der Waals surface area contributed by atoms with Crippen LogP contribution in [0.4, 0.5) is 0 Å². The molecule has 0 saturated carbocycles. The lowest BCUT2D eigenvalue weighted by atomic mass is 10.0. The number of benzene rings is 1. The van der Waals surface area contributed by atoms with E-state index in [2.05, 4.69) is 12.2 Å². The Kier molecular flexibility index (Phi) is 8.12. The normalized spacial score (nSPS) is 12.5. The van der Waals surface area contributed by atoms with E-state index in [0.29, 0.717) is 13.2 Å². The third-order valence-electron chi connectivity index (χ3n) is 3.13. The summed E-state index contributed by atoms with van der Waals surface area (Å²) < 4.78 is 22.3. The molecule has 1 atom stereocenters. The van der Waals surface area contributed by atoms with Crippen LogP contribution in [0.25, 0.3) is 0 Å². The van der Waals surface area contributed by atoms with Crippen LogP contribution in [0.3, 0.4) is 0 Å². The lowest BCUT2D eigenvalue weighted by Crippen LogP contribution is -2.36. The zero-order valence-corrected chi connectivity index (χ0v) is 13.6. The first-order valence-corrected chi connectivity index (χ1v) is 7.40. The SMILES string of the molecule is CCNC(c1cc(OC)ccc1OC)C(OCC)OCC. The highest BCUT2D eigenvalue weighted by atomic mass is 16.7. The molecule has 5 nitrogen and oxygen atoms in total. The summed E-state index contributed by atoms with van der Waals surface area (Å²) in [6.07, 6.45) is -0.374. The van der Waals surface area contributed by atoms with Crippen LogP contribution >= 0.6 is 0 Å². The molecule has 1 aromatic carbocycles. The molecule has 1 unspecified atom stereocenters. The minimum absolute atomic E-state index is 0.125. The van der Waals surface area contributed by atoms with Gasteiger partial charge in [-0.3, -0.25) is 0 Å². The Bertz CT molecular complexity index is 405. The maximum atomic E-state index is 5.74. The summed E-state index contributed by atoms with van der Waals surface area (Å²) >= 11 is 0. The average molecular weight is 297 g/mol. The lowest BCUT2D eigenvalue weighted by molar-refractivity contribution is -0.155. The van der Waals surface area contributed by atoms with Crippen molar-refractivity contribution < 1.29 is 18.9 Å². The molecule has 21 heavy (non-hydrogen) atoms. The Hall–Kier alpha value is -1.30. The first-order chi connectivity index (χ1) is 10.2.